The van der Waals surface area contributed by atoms with Crippen LogP contribution < -0.4 is 9.47 Å². The third-order valence-electron chi connectivity index (χ3n) is 3.64. The van der Waals surface area contributed by atoms with E-state index >= 15 is 0 Å². The van der Waals surface area contributed by atoms with Crippen LogP contribution in [0.5, 0.6) is 11.5 Å². The van der Waals surface area contributed by atoms with Crippen molar-refractivity contribution in [3.05, 3.63) is 35.9 Å². The van der Waals surface area contributed by atoms with Gasteiger partial charge < -0.3 is 9.47 Å². The molecule has 0 aromatic heterocycles. The molecule has 2 heteroatoms. The fourth-order valence-corrected chi connectivity index (χ4v) is 2.40. The van der Waals surface area contributed by atoms with Gasteiger partial charge in [0.25, 0.3) is 0 Å². The van der Waals surface area contributed by atoms with Crippen LogP contribution in [0.4, 0.5) is 0 Å². The summed E-state index contributed by atoms with van der Waals surface area (Å²) in [4.78, 5) is 0. The number of ether oxygens (including phenoxy) is 2. The monoisotopic (exact) mass is 286 g/mol. The van der Waals surface area contributed by atoms with Gasteiger partial charge in [-0.25, -0.2) is 0 Å². The number of benzene rings is 2. The van der Waals surface area contributed by atoms with Gasteiger partial charge in [-0.15, -0.1) is 0 Å². The molecule has 2 rings (SSSR count). The summed E-state index contributed by atoms with van der Waals surface area (Å²) in [5.41, 5.74) is 1.15. The third-order valence-corrected chi connectivity index (χ3v) is 3.64. The van der Waals surface area contributed by atoms with Gasteiger partial charge in [-0.3, -0.25) is 0 Å². The summed E-state index contributed by atoms with van der Waals surface area (Å²) >= 11 is 0. The first kappa shape index (κ1) is 15.7. The SMILES string of the molecule is CCCCOc1cc(C)c(OCCCC)c2ccccc12. The van der Waals surface area contributed by atoms with Crippen LogP contribution >= 0.6 is 0 Å². The Kier molecular flexibility index (Phi) is 5.91. The van der Waals surface area contributed by atoms with Gasteiger partial charge in [0.15, 0.2) is 0 Å². The molecule has 0 N–H and O–H groups in total. The molecule has 2 nitrogen and oxygen atoms in total. The summed E-state index contributed by atoms with van der Waals surface area (Å²) in [6.45, 7) is 8.00. The van der Waals surface area contributed by atoms with Gasteiger partial charge >= 0.3 is 0 Å². The normalized spacial score (nSPS) is 10.8. The van der Waals surface area contributed by atoms with Crippen LogP contribution in [0.3, 0.4) is 0 Å². The molecule has 0 aliphatic heterocycles. The number of rotatable bonds is 8. The van der Waals surface area contributed by atoms with Crippen molar-refractivity contribution >= 4 is 10.8 Å². The topological polar surface area (TPSA) is 18.5 Å². The first-order valence-electron chi connectivity index (χ1n) is 8.05. The molecule has 0 bridgehead atoms. The quantitative estimate of drug-likeness (QED) is 0.596. The van der Waals surface area contributed by atoms with Gasteiger partial charge in [-0.05, 0) is 31.4 Å². The van der Waals surface area contributed by atoms with Crippen molar-refractivity contribution in [2.24, 2.45) is 0 Å². The van der Waals surface area contributed by atoms with E-state index in [-0.39, 0.29) is 0 Å². The number of fused-ring (bicyclic) bond motifs is 1. The zero-order valence-electron chi connectivity index (χ0n) is 13.4. The molecule has 0 fully saturated rings. The molecule has 0 unspecified atom stereocenters. The van der Waals surface area contributed by atoms with E-state index in [4.69, 9.17) is 9.47 Å². The maximum absolute atomic E-state index is 6.02. The Hall–Kier alpha value is -1.70. The zero-order chi connectivity index (χ0) is 15.1. The van der Waals surface area contributed by atoms with E-state index in [2.05, 4.69) is 51.1 Å². The average Bonchev–Trinajstić information content (AvgIpc) is 2.50. The van der Waals surface area contributed by atoms with Crippen LogP contribution in [0, 0.1) is 6.92 Å². The predicted octanol–water partition coefficient (Wildman–Crippen LogP) is 5.51. The van der Waals surface area contributed by atoms with Crippen molar-refractivity contribution in [3.8, 4) is 11.5 Å². The van der Waals surface area contributed by atoms with Crippen LogP contribution in [-0.2, 0) is 0 Å². The van der Waals surface area contributed by atoms with Gasteiger partial charge in [0.05, 0.1) is 13.2 Å². The van der Waals surface area contributed by atoms with Crippen LogP contribution in [0.2, 0.25) is 0 Å². The Labute approximate surface area is 128 Å². The summed E-state index contributed by atoms with van der Waals surface area (Å²) in [6.07, 6.45) is 4.47. The highest BCUT2D eigenvalue weighted by atomic mass is 16.5. The lowest BCUT2D eigenvalue weighted by Crippen LogP contribution is -2.02. The number of hydrogen-bond acceptors (Lipinski definition) is 2. The molecular weight excluding hydrogens is 260 g/mol. The molecule has 2 aromatic rings. The molecule has 114 valence electrons. The fourth-order valence-electron chi connectivity index (χ4n) is 2.40. The lowest BCUT2D eigenvalue weighted by Gasteiger charge is -2.16. The lowest BCUT2D eigenvalue weighted by atomic mass is 10.0. The summed E-state index contributed by atoms with van der Waals surface area (Å²) in [6, 6.07) is 10.5. The van der Waals surface area contributed by atoms with Crippen LogP contribution in [0.1, 0.15) is 45.1 Å². The van der Waals surface area contributed by atoms with Crippen molar-refractivity contribution in [3.63, 3.8) is 0 Å². The Bertz CT molecular complexity index is 575. The van der Waals surface area contributed by atoms with Crippen LogP contribution in [-0.4, -0.2) is 13.2 Å². The molecule has 0 saturated carbocycles. The maximum Gasteiger partial charge on any atom is 0.130 e. The van der Waals surface area contributed by atoms with Crippen molar-refractivity contribution in [2.75, 3.05) is 13.2 Å². The molecule has 0 radical (unpaired) electrons. The second-order valence-corrected chi connectivity index (χ2v) is 5.47. The molecule has 0 amide bonds. The van der Waals surface area contributed by atoms with E-state index in [9.17, 15) is 0 Å². The van der Waals surface area contributed by atoms with Crippen LogP contribution in [0.25, 0.3) is 10.8 Å². The Balaban J connectivity index is 2.33. The highest BCUT2D eigenvalue weighted by Crippen LogP contribution is 2.36. The van der Waals surface area contributed by atoms with Gasteiger partial charge in [0.2, 0.25) is 0 Å². The number of hydrogen-bond donors (Lipinski definition) is 0. The highest BCUT2D eigenvalue weighted by Gasteiger charge is 2.11. The maximum atomic E-state index is 6.02. The molecular formula is C19H26O2. The van der Waals surface area contributed by atoms with E-state index < -0.39 is 0 Å². The Morgan fingerprint density at radius 3 is 2.14 bits per heavy atom. The third kappa shape index (κ3) is 3.90. The van der Waals surface area contributed by atoms with Gasteiger partial charge in [0.1, 0.15) is 11.5 Å². The van der Waals surface area contributed by atoms with Crippen LogP contribution in [0.15, 0.2) is 30.3 Å². The van der Waals surface area contributed by atoms with E-state index in [0.717, 1.165) is 66.7 Å². The minimum atomic E-state index is 0.774. The molecule has 0 aliphatic carbocycles. The lowest BCUT2D eigenvalue weighted by molar-refractivity contribution is 0.304. The van der Waals surface area contributed by atoms with Crippen molar-refractivity contribution in [1.82, 2.24) is 0 Å². The Morgan fingerprint density at radius 1 is 0.857 bits per heavy atom. The first-order chi connectivity index (χ1) is 10.3. The molecule has 0 atom stereocenters. The van der Waals surface area contributed by atoms with Gasteiger partial charge in [0, 0.05) is 10.8 Å². The van der Waals surface area contributed by atoms with Gasteiger partial charge in [-0.2, -0.15) is 0 Å². The van der Waals surface area contributed by atoms with Crippen molar-refractivity contribution in [2.45, 2.75) is 46.5 Å². The predicted molar refractivity (Wildman–Crippen MR) is 89.5 cm³/mol. The molecule has 21 heavy (non-hydrogen) atoms. The largest absolute Gasteiger partial charge is 0.493 e. The van der Waals surface area contributed by atoms with E-state index in [1.807, 2.05) is 0 Å². The van der Waals surface area contributed by atoms with E-state index in [1.165, 1.54) is 0 Å². The smallest absolute Gasteiger partial charge is 0.130 e. The highest BCUT2D eigenvalue weighted by molar-refractivity contribution is 5.94. The summed E-state index contributed by atoms with van der Waals surface area (Å²) in [7, 11) is 0. The standard InChI is InChI=1S/C19H26O2/c1-4-6-12-20-18-14-15(3)19(21-13-7-5-2)17-11-9-8-10-16(17)18/h8-11,14H,4-7,12-13H2,1-3H3. The van der Waals surface area contributed by atoms with Gasteiger partial charge in [-0.1, -0.05) is 51.0 Å². The molecule has 0 spiro atoms. The fraction of sp³-hybridized carbons (Fsp3) is 0.474. The Morgan fingerprint density at radius 2 is 1.48 bits per heavy atom. The minimum absolute atomic E-state index is 0.774. The second-order valence-electron chi connectivity index (χ2n) is 5.47. The summed E-state index contributed by atoms with van der Waals surface area (Å²) in [5, 5.41) is 2.30. The van der Waals surface area contributed by atoms with Crippen molar-refractivity contribution < 1.29 is 9.47 Å². The van der Waals surface area contributed by atoms with Crippen molar-refractivity contribution in [1.29, 1.82) is 0 Å². The minimum Gasteiger partial charge on any atom is -0.493 e. The molecule has 2 aromatic carbocycles. The average molecular weight is 286 g/mol. The molecule has 0 heterocycles. The molecule has 0 aliphatic rings. The van der Waals surface area contributed by atoms with E-state index in [1.54, 1.807) is 0 Å². The first-order valence-corrected chi connectivity index (χ1v) is 8.05. The second kappa shape index (κ2) is 7.92. The zero-order valence-corrected chi connectivity index (χ0v) is 13.4. The molecule has 0 saturated heterocycles. The number of unbranched alkanes of at least 4 members (excludes halogenated alkanes) is 2. The number of aryl methyl sites for hydroxylation is 1. The summed E-state index contributed by atoms with van der Waals surface area (Å²) in [5.74, 6) is 1.97. The van der Waals surface area contributed by atoms with E-state index in [0.29, 0.717) is 0 Å². The summed E-state index contributed by atoms with van der Waals surface area (Å²) < 4.78 is 12.0.